The number of amides is 1. The second-order valence-corrected chi connectivity index (χ2v) is 7.00. The van der Waals surface area contributed by atoms with Crippen molar-refractivity contribution in [1.82, 2.24) is 5.43 Å². The molecular weight excluding hydrogens is 434 g/mol. The molecule has 0 aliphatic rings. The van der Waals surface area contributed by atoms with Crippen LogP contribution in [0.15, 0.2) is 65.8 Å². The van der Waals surface area contributed by atoms with Gasteiger partial charge < -0.3 is 18.9 Å². The minimum atomic E-state index is -0.408. The van der Waals surface area contributed by atoms with E-state index in [4.69, 9.17) is 18.9 Å². The Morgan fingerprint density at radius 3 is 2.41 bits per heavy atom. The number of carbonyl (C=O) groups excluding carboxylic acids is 1. The Balaban J connectivity index is 1.70. The number of nitriles is 1. The highest BCUT2D eigenvalue weighted by Gasteiger charge is 2.10. The third-order valence-corrected chi connectivity index (χ3v) is 4.78. The molecule has 0 aromatic heterocycles. The number of rotatable bonds is 10. The zero-order chi connectivity index (χ0) is 24.3. The Bertz CT molecular complexity index is 1200. The number of benzene rings is 3. The fraction of sp³-hybridized carbons (Fsp3) is 0.192. The number of hydrogen-bond donors (Lipinski definition) is 1. The summed E-state index contributed by atoms with van der Waals surface area (Å²) in [6.07, 6.45) is 1.51. The molecule has 0 aliphatic carbocycles. The van der Waals surface area contributed by atoms with Gasteiger partial charge in [0.2, 0.25) is 0 Å². The summed E-state index contributed by atoms with van der Waals surface area (Å²) in [4.78, 5) is 12.5. The molecule has 8 nitrogen and oxygen atoms in total. The van der Waals surface area contributed by atoms with E-state index in [1.54, 1.807) is 42.5 Å². The molecule has 1 amide bonds. The Morgan fingerprint density at radius 1 is 1.00 bits per heavy atom. The van der Waals surface area contributed by atoms with E-state index in [-0.39, 0.29) is 6.61 Å². The van der Waals surface area contributed by atoms with E-state index in [2.05, 4.69) is 16.6 Å². The maximum atomic E-state index is 12.5. The van der Waals surface area contributed by atoms with E-state index in [1.165, 1.54) is 20.4 Å². The molecule has 0 spiro atoms. The first-order chi connectivity index (χ1) is 16.6. The number of hydrazone groups is 1. The van der Waals surface area contributed by atoms with Gasteiger partial charge in [-0.25, -0.2) is 5.43 Å². The molecule has 3 aromatic carbocycles. The predicted octanol–water partition coefficient (Wildman–Crippen LogP) is 4.32. The maximum absolute atomic E-state index is 12.5. The molecule has 0 atom stereocenters. The van der Waals surface area contributed by atoms with Gasteiger partial charge >= 0.3 is 0 Å². The van der Waals surface area contributed by atoms with Crippen LogP contribution in [0.2, 0.25) is 0 Å². The molecule has 0 fully saturated rings. The van der Waals surface area contributed by atoms with Gasteiger partial charge in [0.05, 0.1) is 38.7 Å². The summed E-state index contributed by atoms with van der Waals surface area (Å²) in [5, 5.41) is 13.3. The van der Waals surface area contributed by atoms with Crippen LogP contribution >= 0.6 is 0 Å². The van der Waals surface area contributed by atoms with Gasteiger partial charge in [0.15, 0.2) is 11.5 Å². The number of nitrogens with zero attached hydrogens (tertiary/aromatic N) is 2. The van der Waals surface area contributed by atoms with Crippen molar-refractivity contribution in [2.45, 2.75) is 13.5 Å². The largest absolute Gasteiger partial charge is 0.497 e. The Hall–Kier alpha value is -4.51. The van der Waals surface area contributed by atoms with E-state index < -0.39 is 5.91 Å². The summed E-state index contributed by atoms with van der Waals surface area (Å²) in [7, 11) is 3.03. The smallest absolute Gasteiger partial charge is 0.271 e. The Kier molecular flexibility index (Phi) is 8.47. The lowest BCUT2D eigenvalue weighted by molar-refractivity contribution is 0.0954. The first kappa shape index (κ1) is 24.1. The summed E-state index contributed by atoms with van der Waals surface area (Å²) in [6, 6.07) is 19.6. The van der Waals surface area contributed by atoms with Crippen molar-refractivity contribution >= 4 is 12.1 Å². The van der Waals surface area contributed by atoms with Crippen molar-refractivity contribution in [2.24, 2.45) is 5.10 Å². The van der Waals surface area contributed by atoms with E-state index in [0.29, 0.717) is 46.3 Å². The molecule has 1 N–H and O–H groups in total. The molecule has 3 rings (SSSR count). The van der Waals surface area contributed by atoms with Crippen LogP contribution in [0.3, 0.4) is 0 Å². The molecule has 0 heterocycles. The Labute approximate surface area is 198 Å². The molecule has 34 heavy (non-hydrogen) atoms. The van der Waals surface area contributed by atoms with Crippen LogP contribution in [-0.2, 0) is 6.61 Å². The summed E-state index contributed by atoms with van der Waals surface area (Å²) >= 11 is 0. The second-order valence-electron chi connectivity index (χ2n) is 7.00. The van der Waals surface area contributed by atoms with Crippen LogP contribution < -0.4 is 24.4 Å². The molecule has 8 heteroatoms. The fourth-order valence-corrected chi connectivity index (χ4v) is 3.07. The van der Waals surface area contributed by atoms with Gasteiger partial charge in [0.25, 0.3) is 5.91 Å². The molecule has 174 valence electrons. The normalized spacial score (nSPS) is 10.4. The molecule has 0 radical (unpaired) electrons. The topological polar surface area (TPSA) is 102 Å². The second kappa shape index (κ2) is 11.9. The van der Waals surface area contributed by atoms with Crippen LogP contribution in [0.4, 0.5) is 0 Å². The standard InChI is InChI=1S/C26H25N3O5/c1-4-33-25-11-18(9-10-24(25)34-17-20-8-6-5-7-19(20)15-27)16-28-29-26(30)21-12-22(31-2)14-23(13-21)32-3/h5-14,16H,4,17H2,1-3H3,(H,29,30)/b28-16-. The lowest BCUT2D eigenvalue weighted by Crippen LogP contribution is -2.17. The number of ether oxygens (including phenoxy) is 4. The highest BCUT2D eigenvalue weighted by Crippen LogP contribution is 2.29. The SMILES string of the molecule is CCOc1cc(/C=N\NC(=O)c2cc(OC)cc(OC)c2)ccc1OCc1ccccc1C#N. The van der Waals surface area contributed by atoms with E-state index in [0.717, 1.165) is 5.56 Å². The number of nitrogens with one attached hydrogen (secondary N) is 1. The van der Waals surface area contributed by atoms with Crippen molar-refractivity contribution in [3.8, 4) is 29.1 Å². The minimum absolute atomic E-state index is 0.233. The van der Waals surface area contributed by atoms with Crippen LogP contribution in [0.1, 0.15) is 34.0 Å². The highest BCUT2D eigenvalue weighted by atomic mass is 16.5. The molecule has 3 aromatic rings. The zero-order valence-corrected chi connectivity index (χ0v) is 19.2. The quantitative estimate of drug-likeness (QED) is 0.358. The highest BCUT2D eigenvalue weighted by molar-refractivity contribution is 5.95. The van der Waals surface area contributed by atoms with Gasteiger partial charge in [-0.3, -0.25) is 4.79 Å². The number of hydrogen-bond acceptors (Lipinski definition) is 7. The van der Waals surface area contributed by atoms with Gasteiger partial charge in [0.1, 0.15) is 18.1 Å². The molecule has 0 aliphatic heterocycles. The average molecular weight is 460 g/mol. The molecule has 0 unspecified atom stereocenters. The summed E-state index contributed by atoms with van der Waals surface area (Å²) in [5.41, 5.74) is 4.90. The summed E-state index contributed by atoms with van der Waals surface area (Å²) < 4.78 is 22.0. The molecule has 0 saturated heterocycles. The lowest BCUT2D eigenvalue weighted by atomic mass is 10.1. The number of carbonyl (C=O) groups is 1. The molecular formula is C26H25N3O5. The van der Waals surface area contributed by atoms with Gasteiger partial charge in [-0.05, 0) is 48.9 Å². The van der Waals surface area contributed by atoms with Crippen LogP contribution in [-0.4, -0.2) is 32.9 Å². The van der Waals surface area contributed by atoms with Crippen molar-refractivity contribution in [3.63, 3.8) is 0 Å². The monoisotopic (exact) mass is 459 g/mol. The Morgan fingerprint density at radius 2 is 1.74 bits per heavy atom. The third kappa shape index (κ3) is 6.26. The average Bonchev–Trinajstić information content (AvgIpc) is 2.88. The van der Waals surface area contributed by atoms with Gasteiger partial charge in [-0.1, -0.05) is 18.2 Å². The first-order valence-electron chi connectivity index (χ1n) is 10.5. The van der Waals surface area contributed by atoms with Crippen molar-refractivity contribution in [3.05, 3.63) is 82.9 Å². The van der Waals surface area contributed by atoms with Crippen molar-refractivity contribution < 1.29 is 23.7 Å². The number of methoxy groups -OCH3 is 2. The van der Waals surface area contributed by atoms with Crippen molar-refractivity contribution in [2.75, 3.05) is 20.8 Å². The van der Waals surface area contributed by atoms with Gasteiger partial charge in [-0.2, -0.15) is 10.4 Å². The van der Waals surface area contributed by atoms with Gasteiger partial charge in [0, 0.05) is 17.2 Å². The van der Waals surface area contributed by atoms with Crippen LogP contribution in [0, 0.1) is 11.3 Å². The third-order valence-electron chi connectivity index (χ3n) is 4.78. The van der Waals surface area contributed by atoms with E-state index in [9.17, 15) is 10.1 Å². The van der Waals surface area contributed by atoms with Crippen LogP contribution in [0.5, 0.6) is 23.0 Å². The van der Waals surface area contributed by atoms with E-state index in [1.807, 2.05) is 25.1 Å². The minimum Gasteiger partial charge on any atom is -0.497 e. The maximum Gasteiger partial charge on any atom is 0.271 e. The summed E-state index contributed by atoms with van der Waals surface area (Å²) in [6.45, 7) is 2.55. The molecule has 0 bridgehead atoms. The van der Waals surface area contributed by atoms with Gasteiger partial charge in [-0.15, -0.1) is 0 Å². The van der Waals surface area contributed by atoms with Crippen molar-refractivity contribution in [1.29, 1.82) is 5.26 Å². The lowest BCUT2D eigenvalue weighted by Gasteiger charge is -2.13. The van der Waals surface area contributed by atoms with Crippen LogP contribution in [0.25, 0.3) is 0 Å². The first-order valence-corrected chi connectivity index (χ1v) is 10.5. The zero-order valence-electron chi connectivity index (χ0n) is 19.2. The fourth-order valence-electron chi connectivity index (χ4n) is 3.07. The summed E-state index contributed by atoms with van der Waals surface area (Å²) in [5.74, 6) is 1.67. The predicted molar refractivity (Wildman–Crippen MR) is 128 cm³/mol. The molecule has 0 saturated carbocycles. The van der Waals surface area contributed by atoms with E-state index >= 15 is 0 Å².